The van der Waals surface area contributed by atoms with E-state index in [0.29, 0.717) is 11.5 Å². The lowest BCUT2D eigenvalue weighted by atomic mass is 10.1. The van der Waals surface area contributed by atoms with Crippen LogP contribution in [-0.2, 0) is 17.7 Å². The van der Waals surface area contributed by atoms with Gasteiger partial charge in [-0.2, -0.15) is 0 Å². The van der Waals surface area contributed by atoms with Crippen molar-refractivity contribution in [3.05, 3.63) is 29.6 Å². The smallest absolute Gasteiger partial charge is 0.337 e. The first-order valence-corrected chi connectivity index (χ1v) is 7.00. The lowest BCUT2D eigenvalue weighted by Crippen LogP contribution is -2.14. The number of carboxylic acid groups (broad SMARTS) is 1. The number of fused-ring (bicyclic) bond motifs is 1. The Bertz CT molecular complexity index is 642. The molecular weight excluding hydrogens is 256 g/mol. The molecule has 2 heterocycles. The molecule has 2 aromatic rings. The van der Waals surface area contributed by atoms with E-state index in [-0.39, 0.29) is 0 Å². The van der Waals surface area contributed by atoms with E-state index < -0.39 is 5.97 Å². The summed E-state index contributed by atoms with van der Waals surface area (Å²) >= 11 is 0. The predicted molar refractivity (Wildman–Crippen MR) is 75.0 cm³/mol. The topological polar surface area (TPSA) is 64.3 Å². The van der Waals surface area contributed by atoms with Gasteiger partial charge in [-0.05, 0) is 18.6 Å². The average molecular weight is 274 g/mol. The summed E-state index contributed by atoms with van der Waals surface area (Å²) < 4.78 is 7.49. The minimum absolute atomic E-state index is 0.327. The molecule has 1 saturated heterocycles. The number of hydrogen-bond acceptors (Lipinski definition) is 3. The minimum Gasteiger partial charge on any atom is -0.478 e. The fourth-order valence-electron chi connectivity index (χ4n) is 2.86. The van der Waals surface area contributed by atoms with Gasteiger partial charge in [0.2, 0.25) is 0 Å². The summed E-state index contributed by atoms with van der Waals surface area (Å²) in [5.74, 6) is 0.488. The lowest BCUT2D eigenvalue weighted by Gasteiger charge is -2.13. The lowest BCUT2D eigenvalue weighted by molar-refractivity contribution is 0.0698. The standard InChI is InChI=1S/C15H18N2O3/c1-2-13-16-12-5-3-4-11(15(18)19)14(12)17(13)8-10-6-7-20-9-10/h3-5,10H,2,6-9H2,1H3,(H,18,19). The van der Waals surface area contributed by atoms with E-state index in [1.165, 1.54) is 0 Å². The third-order valence-electron chi connectivity index (χ3n) is 3.86. The molecule has 5 nitrogen and oxygen atoms in total. The van der Waals surface area contributed by atoms with Crippen molar-refractivity contribution in [2.45, 2.75) is 26.3 Å². The second kappa shape index (κ2) is 5.25. The van der Waals surface area contributed by atoms with Crippen LogP contribution in [0.25, 0.3) is 11.0 Å². The Morgan fingerprint density at radius 3 is 3.05 bits per heavy atom. The summed E-state index contributed by atoms with van der Waals surface area (Å²) in [6.45, 7) is 4.37. The molecule has 1 N–H and O–H groups in total. The maximum Gasteiger partial charge on any atom is 0.337 e. The van der Waals surface area contributed by atoms with Crippen molar-refractivity contribution in [3.8, 4) is 0 Å². The summed E-state index contributed by atoms with van der Waals surface area (Å²) in [5, 5.41) is 9.38. The molecule has 0 aliphatic carbocycles. The molecule has 3 rings (SSSR count). The molecule has 0 bridgehead atoms. The van der Waals surface area contributed by atoms with E-state index in [4.69, 9.17) is 4.74 Å². The Labute approximate surface area is 117 Å². The summed E-state index contributed by atoms with van der Waals surface area (Å²) in [6, 6.07) is 5.28. The highest BCUT2D eigenvalue weighted by Gasteiger charge is 2.21. The highest BCUT2D eigenvalue weighted by atomic mass is 16.5. The van der Waals surface area contributed by atoms with Crippen LogP contribution in [0.4, 0.5) is 0 Å². The third-order valence-corrected chi connectivity index (χ3v) is 3.86. The molecule has 0 amide bonds. The number of aryl methyl sites for hydroxylation is 1. The van der Waals surface area contributed by atoms with Gasteiger partial charge in [0.25, 0.3) is 0 Å². The van der Waals surface area contributed by atoms with Crippen molar-refractivity contribution in [1.82, 2.24) is 9.55 Å². The Morgan fingerprint density at radius 2 is 2.40 bits per heavy atom. The minimum atomic E-state index is -0.901. The Morgan fingerprint density at radius 1 is 1.55 bits per heavy atom. The SMILES string of the molecule is CCc1nc2cccc(C(=O)O)c2n1CC1CCOC1. The second-order valence-corrected chi connectivity index (χ2v) is 5.20. The second-order valence-electron chi connectivity index (χ2n) is 5.20. The number of ether oxygens (including phenoxy) is 1. The van der Waals surface area contributed by atoms with E-state index in [1.54, 1.807) is 12.1 Å². The fraction of sp³-hybridized carbons (Fsp3) is 0.467. The largest absolute Gasteiger partial charge is 0.478 e. The van der Waals surface area contributed by atoms with Crippen LogP contribution in [0, 0.1) is 5.92 Å². The number of aromatic carboxylic acids is 1. The number of benzene rings is 1. The maximum absolute atomic E-state index is 11.4. The van der Waals surface area contributed by atoms with Crippen molar-refractivity contribution in [1.29, 1.82) is 0 Å². The van der Waals surface area contributed by atoms with Gasteiger partial charge in [0.15, 0.2) is 0 Å². The normalized spacial score (nSPS) is 18.8. The van der Waals surface area contributed by atoms with Crippen molar-refractivity contribution in [3.63, 3.8) is 0 Å². The molecule has 0 radical (unpaired) electrons. The molecule has 1 aromatic carbocycles. The van der Waals surface area contributed by atoms with Crippen LogP contribution in [0.1, 0.15) is 29.5 Å². The Hall–Kier alpha value is -1.88. The monoisotopic (exact) mass is 274 g/mol. The number of aromatic nitrogens is 2. The van der Waals surface area contributed by atoms with Crippen LogP contribution in [0.2, 0.25) is 0 Å². The van der Waals surface area contributed by atoms with Crippen LogP contribution < -0.4 is 0 Å². The average Bonchev–Trinajstić information content (AvgIpc) is 3.06. The van der Waals surface area contributed by atoms with E-state index >= 15 is 0 Å². The zero-order valence-electron chi connectivity index (χ0n) is 11.5. The van der Waals surface area contributed by atoms with Crippen LogP contribution in [0.15, 0.2) is 18.2 Å². The van der Waals surface area contributed by atoms with Crippen molar-refractivity contribution in [2.75, 3.05) is 13.2 Å². The van der Waals surface area contributed by atoms with Crippen molar-refractivity contribution in [2.24, 2.45) is 5.92 Å². The highest BCUT2D eigenvalue weighted by molar-refractivity contribution is 6.01. The van der Waals surface area contributed by atoms with Gasteiger partial charge in [-0.3, -0.25) is 0 Å². The summed E-state index contributed by atoms with van der Waals surface area (Å²) in [7, 11) is 0. The molecule has 0 spiro atoms. The van der Waals surface area contributed by atoms with Crippen LogP contribution >= 0.6 is 0 Å². The van der Waals surface area contributed by atoms with Crippen LogP contribution in [-0.4, -0.2) is 33.8 Å². The molecule has 0 saturated carbocycles. The van der Waals surface area contributed by atoms with Gasteiger partial charge in [0.05, 0.1) is 23.2 Å². The first-order chi connectivity index (χ1) is 9.70. The molecular formula is C15H18N2O3. The Kier molecular flexibility index (Phi) is 3.44. The summed E-state index contributed by atoms with van der Waals surface area (Å²) in [4.78, 5) is 16.0. The zero-order chi connectivity index (χ0) is 14.1. The molecule has 1 aliphatic rings. The highest BCUT2D eigenvalue weighted by Crippen LogP contribution is 2.24. The number of rotatable bonds is 4. The first kappa shape index (κ1) is 13.1. The van der Waals surface area contributed by atoms with Gasteiger partial charge in [-0.25, -0.2) is 9.78 Å². The molecule has 20 heavy (non-hydrogen) atoms. The zero-order valence-corrected chi connectivity index (χ0v) is 11.5. The quantitative estimate of drug-likeness (QED) is 0.929. The van der Waals surface area contributed by atoms with Gasteiger partial charge in [0, 0.05) is 25.5 Å². The van der Waals surface area contributed by atoms with Gasteiger partial charge in [-0.1, -0.05) is 13.0 Å². The number of imidazole rings is 1. The maximum atomic E-state index is 11.4. The Balaban J connectivity index is 2.13. The molecule has 1 aromatic heterocycles. The molecule has 5 heteroatoms. The van der Waals surface area contributed by atoms with Gasteiger partial charge in [0.1, 0.15) is 5.82 Å². The summed E-state index contributed by atoms with van der Waals surface area (Å²) in [6.07, 6.45) is 1.82. The third kappa shape index (κ3) is 2.18. The van der Waals surface area contributed by atoms with E-state index in [1.807, 2.05) is 13.0 Å². The predicted octanol–water partition coefficient (Wildman–Crippen LogP) is 2.33. The van der Waals surface area contributed by atoms with E-state index in [2.05, 4.69) is 9.55 Å². The van der Waals surface area contributed by atoms with Crippen LogP contribution in [0.5, 0.6) is 0 Å². The number of nitrogens with zero attached hydrogens (tertiary/aromatic N) is 2. The molecule has 1 atom stereocenters. The first-order valence-electron chi connectivity index (χ1n) is 7.00. The fourth-order valence-corrected chi connectivity index (χ4v) is 2.86. The number of hydrogen-bond donors (Lipinski definition) is 1. The van der Waals surface area contributed by atoms with Crippen molar-refractivity contribution >= 4 is 17.0 Å². The number of para-hydroxylation sites is 1. The molecule has 106 valence electrons. The number of carbonyl (C=O) groups is 1. The van der Waals surface area contributed by atoms with Gasteiger partial charge in [-0.15, -0.1) is 0 Å². The van der Waals surface area contributed by atoms with E-state index in [9.17, 15) is 9.90 Å². The summed E-state index contributed by atoms with van der Waals surface area (Å²) in [5.41, 5.74) is 1.83. The molecule has 1 aliphatic heterocycles. The van der Waals surface area contributed by atoms with Crippen LogP contribution in [0.3, 0.4) is 0 Å². The van der Waals surface area contributed by atoms with Crippen molar-refractivity contribution < 1.29 is 14.6 Å². The number of carboxylic acids is 1. The molecule has 1 unspecified atom stereocenters. The van der Waals surface area contributed by atoms with E-state index in [0.717, 1.165) is 49.5 Å². The molecule has 1 fully saturated rings. The van der Waals surface area contributed by atoms with Gasteiger partial charge >= 0.3 is 5.97 Å². The van der Waals surface area contributed by atoms with Gasteiger partial charge < -0.3 is 14.4 Å².